The van der Waals surface area contributed by atoms with Crippen molar-refractivity contribution in [1.29, 1.82) is 0 Å². The van der Waals surface area contributed by atoms with Crippen molar-refractivity contribution >= 4 is 21.1 Å². The van der Waals surface area contributed by atoms with Gasteiger partial charge < -0.3 is 9.97 Å². The van der Waals surface area contributed by atoms with Crippen LogP contribution < -0.4 is 5.69 Å². The molecule has 26 heavy (non-hydrogen) atoms. The highest BCUT2D eigenvalue weighted by Crippen LogP contribution is 2.36. The Bertz CT molecular complexity index is 1140. The molecule has 1 aliphatic heterocycles. The van der Waals surface area contributed by atoms with E-state index in [1.54, 1.807) is 16.4 Å². The van der Waals surface area contributed by atoms with Gasteiger partial charge in [0.05, 0.1) is 22.0 Å². The number of benzene rings is 2. The quantitative estimate of drug-likeness (QED) is 0.742. The second-order valence-electron chi connectivity index (χ2n) is 6.78. The molecule has 0 radical (unpaired) electrons. The van der Waals surface area contributed by atoms with E-state index in [9.17, 15) is 13.2 Å². The summed E-state index contributed by atoms with van der Waals surface area (Å²) in [6.07, 6.45) is 1.41. The van der Waals surface area contributed by atoms with E-state index in [1.165, 1.54) is 17.2 Å². The molecule has 0 saturated carbocycles. The van der Waals surface area contributed by atoms with E-state index in [0.29, 0.717) is 30.4 Å². The number of aryl methyl sites for hydroxylation is 1. The fourth-order valence-corrected chi connectivity index (χ4v) is 5.54. The van der Waals surface area contributed by atoms with Crippen molar-refractivity contribution < 1.29 is 8.42 Å². The first-order chi connectivity index (χ1) is 12.4. The summed E-state index contributed by atoms with van der Waals surface area (Å²) >= 11 is 0. The third-order valence-corrected chi connectivity index (χ3v) is 6.99. The van der Waals surface area contributed by atoms with Gasteiger partial charge in [-0.25, -0.2) is 13.2 Å². The molecule has 0 amide bonds. The van der Waals surface area contributed by atoms with Crippen LogP contribution in [-0.2, 0) is 16.4 Å². The number of nitrogens with one attached hydrogen (secondary N) is 2. The molecule has 2 N–H and O–H groups in total. The number of imidazole rings is 1. The van der Waals surface area contributed by atoms with E-state index in [-0.39, 0.29) is 16.6 Å². The minimum atomic E-state index is -3.66. The minimum Gasteiger partial charge on any atom is -0.306 e. The second-order valence-corrected chi connectivity index (χ2v) is 8.67. The molecule has 3 aromatic rings. The fraction of sp³-hybridized carbons (Fsp3) is 0.316. The predicted octanol–water partition coefficient (Wildman–Crippen LogP) is 2.86. The fourth-order valence-electron chi connectivity index (χ4n) is 3.84. The first-order valence-corrected chi connectivity index (χ1v) is 10.2. The number of rotatable bonds is 3. The highest BCUT2D eigenvalue weighted by Gasteiger charge is 2.35. The Morgan fingerprint density at radius 3 is 2.65 bits per heavy atom. The van der Waals surface area contributed by atoms with Crippen LogP contribution in [0.15, 0.2) is 46.1 Å². The number of aromatic amines is 2. The van der Waals surface area contributed by atoms with Gasteiger partial charge in [0.2, 0.25) is 10.0 Å². The highest BCUT2D eigenvalue weighted by molar-refractivity contribution is 7.89. The predicted molar refractivity (Wildman–Crippen MR) is 101 cm³/mol. The summed E-state index contributed by atoms with van der Waals surface area (Å²) in [5.41, 5.74) is 4.26. The van der Waals surface area contributed by atoms with Crippen molar-refractivity contribution in [2.45, 2.75) is 37.6 Å². The van der Waals surface area contributed by atoms with E-state index >= 15 is 0 Å². The lowest BCUT2D eigenvalue weighted by atomic mass is 9.91. The van der Waals surface area contributed by atoms with Crippen molar-refractivity contribution in [2.24, 2.45) is 0 Å². The lowest BCUT2D eigenvalue weighted by Gasteiger charge is -2.36. The number of fused-ring (bicyclic) bond motifs is 2. The Morgan fingerprint density at radius 2 is 1.88 bits per heavy atom. The molecular formula is C19H21N3O3S. The summed E-state index contributed by atoms with van der Waals surface area (Å²) in [5.74, 6) is 0. The normalized spacial score (nSPS) is 18.2. The van der Waals surface area contributed by atoms with Crippen LogP contribution in [0, 0.1) is 6.92 Å². The van der Waals surface area contributed by atoms with Crippen molar-refractivity contribution in [3.63, 3.8) is 0 Å². The van der Waals surface area contributed by atoms with Crippen LogP contribution >= 0.6 is 0 Å². The smallest absolute Gasteiger partial charge is 0.306 e. The van der Waals surface area contributed by atoms with Crippen LogP contribution in [0.4, 0.5) is 0 Å². The molecule has 1 unspecified atom stereocenters. The first-order valence-electron chi connectivity index (χ1n) is 8.73. The molecule has 2 aromatic carbocycles. The number of sulfonamides is 1. The molecule has 0 bridgehead atoms. The summed E-state index contributed by atoms with van der Waals surface area (Å²) < 4.78 is 28.2. The van der Waals surface area contributed by atoms with Gasteiger partial charge in [-0.05, 0) is 49.1 Å². The third-order valence-electron chi connectivity index (χ3n) is 5.09. The van der Waals surface area contributed by atoms with Crippen LogP contribution in [0.3, 0.4) is 0 Å². The number of hydrogen-bond acceptors (Lipinski definition) is 3. The lowest BCUT2D eigenvalue weighted by molar-refractivity contribution is 0.301. The van der Waals surface area contributed by atoms with Crippen molar-refractivity contribution in [3.8, 4) is 0 Å². The largest absolute Gasteiger partial charge is 0.323 e. The van der Waals surface area contributed by atoms with Crippen LogP contribution in [0.25, 0.3) is 11.0 Å². The SMILES string of the molecule is CCC1c2ccc(C)cc2CCN1S(=O)(=O)c1ccc2[nH]c(=O)[nH]c2c1. The van der Waals surface area contributed by atoms with E-state index < -0.39 is 10.0 Å². The molecule has 1 atom stereocenters. The van der Waals surface area contributed by atoms with Crippen LogP contribution in [0.1, 0.15) is 36.1 Å². The van der Waals surface area contributed by atoms with Gasteiger partial charge in [-0.3, -0.25) is 0 Å². The van der Waals surface area contributed by atoms with E-state index in [2.05, 4.69) is 23.0 Å². The topological polar surface area (TPSA) is 86.0 Å². The zero-order valence-electron chi connectivity index (χ0n) is 14.7. The average molecular weight is 371 g/mol. The van der Waals surface area contributed by atoms with Gasteiger partial charge in [-0.2, -0.15) is 4.31 Å². The molecule has 0 aliphatic carbocycles. The average Bonchev–Trinajstić information content (AvgIpc) is 2.99. The van der Waals surface area contributed by atoms with Gasteiger partial charge in [-0.15, -0.1) is 0 Å². The van der Waals surface area contributed by atoms with Gasteiger partial charge in [0.15, 0.2) is 0 Å². The minimum absolute atomic E-state index is 0.176. The standard InChI is InChI=1S/C19H21N3O3S/c1-3-18-15-6-4-12(2)10-13(15)8-9-22(18)26(24,25)14-5-7-16-17(11-14)21-19(23)20-16/h4-7,10-11,18H,3,8-9H2,1-2H3,(H2,20,21,23). The number of nitrogens with zero attached hydrogens (tertiary/aromatic N) is 1. The third kappa shape index (κ3) is 2.68. The van der Waals surface area contributed by atoms with Crippen molar-refractivity contribution in [1.82, 2.24) is 14.3 Å². The molecule has 136 valence electrons. The summed E-state index contributed by atoms with van der Waals surface area (Å²) in [4.78, 5) is 16.9. The van der Waals surface area contributed by atoms with Crippen LogP contribution in [0.5, 0.6) is 0 Å². The maximum atomic E-state index is 13.3. The zero-order valence-corrected chi connectivity index (χ0v) is 15.6. The van der Waals surface area contributed by atoms with E-state index in [1.807, 2.05) is 19.1 Å². The molecule has 0 fully saturated rings. The van der Waals surface area contributed by atoms with Crippen LogP contribution in [-0.4, -0.2) is 29.2 Å². The van der Waals surface area contributed by atoms with Crippen molar-refractivity contribution in [3.05, 3.63) is 63.6 Å². The molecule has 1 aliphatic rings. The Labute approximate surface area is 151 Å². The highest BCUT2D eigenvalue weighted by atomic mass is 32.2. The number of hydrogen-bond donors (Lipinski definition) is 2. The molecule has 4 rings (SSSR count). The second kappa shape index (κ2) is 6.10. The summed E-state index contributed by atoms with van der Waals surface area (Å²) in [7, 11) is -3.66. The zero-order chi connectivity index (χ0) is 18.5. The molecule has 7 heteroatoms. The maximum absolute atomic E-state index is 13.3. The summed E-state index contributed by atoms with van der Waals surface area (Å²) in [5, 5.41) is 0. The van der Waals surface area contributed by atoms with E-state index in [4.69, 9.17) is 0 Å². The number of H-pyrrole nitrogens is 2. The van der Waals surface area contributed by atoms with Gasteiger partial charge in [0.1, 0.15) is 0 Å². The van der Waals surface area contributed by atoms with Crippen LogP contribution in [0.2, 0.25) is 0 Å². The molecular weight excluding hydrogens is 350 g/mol. The lowest BCUT2D eigenvalue weighted by Crippen LogP contribution is -2.39. The van der Waals surface area contributed by atoms with Gasteiger partial charge >= 0.3 is 5.69 Å². The summed E-state index contributed by atoms with van der Waals surface area (Å²) in [6, 6.07) is 10.8. The summed E-state index contributed by atoms with van der Waals surface area (Å²) in [6.45, 7) is 4.52. The van der Waals surface area contributed by atoms with Gasteiger partial charge in [0, 0.05) is 6.54 Å². The Kier molecular flexibility index (Phi) is 4.00. The van der Waals surface area contributed by atoms with E-state index in [0.717, 1.165) is 5.56 Å². The van der Waals surface area contributed by atoms with Gasteiger partial charge in [0.25, 0.3) is 0 Å². The molecule has 0 saturated heterocycles. The Hall–Kier alpha value is -2.38. The molecule has 6 nitrogen and oxygen atoms in total. The molecule has 0 spiro atoms. The maximum Gasteiger partial charge on any atom is 0.323 e. The van der Waals surface area contributed by atoms with Gasteiger partial charge in [-0.1, -0.05) is 30.7 Å². The van der Waals surface area contributed by atoms with Crippen molar-refractivity contribution in [2.75, 3.05) is 6.54 Å². The number of aromatic nitrogens is 2. The molecule has 1 aromatic heterocycles. The monoisotopic (exact) mass is 371 g/mol. The first kappa shape index (κ1) is 17.1. The Balaban J connectivity index is 1.79. The Morgan fingerprint density at radius 1 is 1.12 bits per heavy atom. The molecule has 2 heterocycles.